The number of amides is 1. The third-order valence-electron chi connectivity index (χ3n) is 5.45. The summed E-state index contributed by atoms with van der Waals surface area (Å²) in [4.78, 5) is 14.6. The van der Waals surface area contributed by atoms with Crippen LogP contribution in [0.4, 0.5) is 0 Å². The quantitative estimate of drug-likeness (QED) is 0.652. The van der Waals surface area contributed by atoms with Crippen molar-refractivity contribution in [1.82, 2.24) is 25.2 Å². The zero-order chi connectivity index (χ0) is 22.4. The molecule has 3 rings (SSSR count). The number of rotatable bonds is 9. The molecule has 9 heteroatoms. The number of methoxy groups -OCH3 is 3. The summed E-state index contributed by atoms with van der Waals surface area (Å²) in [5.74, 6) is 2.14. The lowest BCUT2D eigenvalue weighted by atomic mass is 10.0. The van der Waals surface area contributed by atoms with Crippen LogP contribution in [0, 0.1) is 5.92 Å². The Morgan fingerprint density at radius 1 is 1.19 bits per heavy atom. The van der Waals surface area contributed by atoms with E-state index in [0.29, 0.717) is 35.4 Å². The van der Waals surface area contributed by atoms with Gasteiger partial charge in [0.15, 0.2) is 17.2 Å². The molecule has 1 aliphatic rings. The Hall–Kier alpha value is -2.81. The molecule has 170 valence electrons. The van der Waals surface area contributed by atoms with Gasteiger partial charge in [0.05, 0.1) is 33.6 Å². The maximum Gasteiger partial charge on any atom is 0.273 e. The monoisotopic (exact) mass is 431 g/mol. The van der Waals surface area contributed by atoms with Crippen LogP contribution >= 0.6 is 0 Å². The van der Waals surface area contributed by atoms with E-state index >= 15 is 0 Å². The number of carbonyl (C=O) groups excluding carboxylic acids is 1. The summed E-state index contributed by atoms with van der Waals surface area (Å²) in [5.41, 5.74) is 1.40. The van der Waals surface area contributed by atoms with Gasteiger partial charge < -0.3 is 19.5 Å². The van der Waals surface area contributed by atoms with Crippen LogP contribution < -0.4 is 19.5 Å². The number of benzene rings is 1. The zero-order valence-electron chi connectivity index (χ0n) is 19.1. The van der Waals surface area contributed by atoms with Crippen LogP contribution in [0.5, 0.6) is 17.2 Å². The first-order valence-electron chi connectivity index (χ1n) is 10.7. The van der Waals surface area contributed by atoms with Gasteiger partial charge in [0.1, 0.15) is 0 Å². The van der Waals surface area contributed by atoms with Gasteiger partial charge in [-0.1, -0.05) is 25.1 Å². The largest absolute Gasteiger partial charge is 0.493 e. The normalized spacial score (nSPS) is 16.9. The molecule has 1 aliphatic heterocycles. The predicted octanol–water partition coefficient (Wildman–Crippen LogP) is 2.53. The van der Waals surface area contributed by atoms with Crippen molar-refractivity contribution in [3.8, 4) is 17.2 Å². The molecule has 0 aliphatic carbocycles. The smallest absolute Gasteiger partial charge is 0.273 e. The fourth-order valence-electron chi connectivity index (χ4n) is 3.87. The van der Waals surface area contributed by atoms with Crippen LogP contribution in [-0.4, -0.2) is 66.8 Å². The van der Waals surface area contributed by atoms with Crippen molar-refractivity contribution >= 4 is 5.91 Å². The lowest BCUT2D eigenvalue weighted by molar-refractivity contribution is 0.0944. The van der Waals surface area contributed by atoms with Crippen molar-refractivity contribution in [2.75, 3.05) is 41.0 Å². The third-order valence-corrected chi connectivity index (χ3v) is 5.45. The van der Waals surface area contributed by atoms with E-state index in [9.17, 15) is 4.79 Å². The maximum absolute atomic E-state index is 12.3. The first kappa shape index (κ1) is 22.9. The van der Waals surface area contributed by atoms with Gasteiger partial charge in [-0.25, -0.2) is 4.68 Å². The SMILES string of the molecule is COc1ccc(CN2CCCC(n3cc(C(=O)NCC(C)C)nn3)C2)c(OC)c1OC. The molecule has 9 nitrogen and oxygen atoms in total. The average molecular weight is 432 g/mol. The van der Waals surface area contributed by atoms with Gasteiger partial charge in [0, 0.05) is 25.2 Å². The van der Waals surface area contributed by atoms with Gasteiger partial charge in [-0.05, 0) is 31.4 Å². The van der Waals surface area contributed by atoms with Gasteiger partial charge in [0.25, 0.3) is 5.91 Å². The second-order valence-electron chi connectivity index (χ2n) is 8.21. The number of ether oxygens (including phenoxy) is 3. The molecule has 1 saturated heterocycles. The van der Waals surface area contributed by atoms with Crippen LogP contribution in [0.3, 0.4) is 0 Å². The molecule has 1 aromatic carbocycles. The molecule has 1 atom stereocenters. The summed E-state index contributed by atoms with van der Waals surface area (Å²) in [6, 6.07) is 4.08. The second-order valence-corrected chi connectivity index (χ2v) is 8.21. The molecule has 1 aromatic heterocycles. The molecule has 0 spiro atoms. The van der Waals surface area contributed by atoms with E-state index in [4.69, 9.17) is 14.2 Å². The highest BCUT2D eigenvalue weighted by Gasteiger charge is 2.25. The van der Waals surface area contributed by atoms with Crippen molar-refractivity contribution in [3.63, 3.8) is 0 Å². The minimum Gasteiger partial charge on any atom is -0.493 e. The van der Waals surface area contributed by atoms with E-state index in [0.717, 1.165) is 38.0 Å². The molecule has 31 heavy (non-hydrogen) atoms. The zero-order valence-corrected chi connectivity index (χ0v) is 19.1. The minimum atomic E-state index is -0.178. The number of hydrogen-bond acceptors (Lipinski definition) is 7. The second kappa shape index (κ2) is 10.5. The van der Waals surface area contributed by atoms with E-state index in [1.165, 1.54) is 0 Å². The van der Waals surface area contributed by atoms with Crippen molar-refractivity contribution in [3.05, 3.63) is 29.6 Å². The highest BCUT2D eigenvalue weighted by molar-refractivity contribution is 5.91. The summed E-state index contributed by atoms with van der Waals surface area (Å²) in [6.07, 6.45) is 3.78. The van der Waals surface area contributed by atoms with Crippen molar-refractivity contribution in [1.29, 1.82) is 0 Å². The number of nitrogens with zero attached hydrogens (tertiary/aromatic N) is 4. The number of carbonyl (C=O) groups is 1. The topological polar surface area (TPSA) is 90.7 Å². The maximum atomic E-state index is 12.3. The van der Waals surface area contributed by atoms with E-state index in [-0.39, 0.29) is 11.9 Å². The predicted molar refractivity (Wildman–Crippen MR) is 117 cm³/mol. The lowest BCUT2D eigenvalue weighted by Gasteiger charge is -2.33. The van der Waals surface area contributed by atoms with E-state index in [1.54, 1.807) is 27.5 Å². The highest BCUT2D eigenvalue weighted by atomic mass is 16.5. The van der Waals surface area contributed by atoms with Gasteiger partial charge >= 0.3 is 0 Å². The molecule has 1 amide bonds. The number of likely N-dealkylation sites (tertiary alicyclic amines) is 1. The van der Waals surface area contributed by atoms with Crippen LogP contribution in [-0.2, 0) is 6.54 Å². The number of piperidine rings is 1. The fourth-order valence-corrected chi connectivity index (χ4v) is 3.87. The lowest BCUT2D eigenvalue weighted by Crippen LogP contribution is -2.36. The number of aromatic nitrogens is 3. The standard InChI is InChI=1S/C22H33N5O4/c1-15(2)11-23-22(28)18-14-27(25-24-18)17-7-6-10-26(13-17)12-16-8-9-19(29-3)21(31-5)20(16)30-4/h8-9,14-15,17H,6-7,10-13H2,1-5H3,(H,23,28). The summed E-state index contributed by atoms with van der Waals surface area (Å²) >= 11 is 0. The van der Waals surface area contributed by atoms with Crippen LogP contribution in [0.15, 0.2) is 18.3 Å². The molecule has 2 aromatic rings. The molecular formula is C22H33N5O4. The Bertz CT molecular complexity index is 883. The molecule has 0 radical (unpaired) electrons. The Morgan fingerprint density at radius 2 is 1.97 bits per heavy atom. The van der Waals surface area contributed by atoms with Crippen LogP contribution in [0.2, 0.25) is 0 Å². The van der Waals surface area contributed by atoms with E-state index < -0.39 is 0 Å². The first-order chi connectivity index (χ1) is 15.0. The number of nitrogens with one attached hydrogen (secondary N) is 1. The van der Waals surface area contributed by atoms with Gasteiger partial charge in [-0.2, -0.15) is 0 Å². The van der Waals surface area contributed by atoms with Crippen LogP contribution in [0.25, 0.3) is 0 Å². The van der Waals surface area contributed by atoms with E-state index in [2.05, 4.69) is 34.4 Å². The third kappa shape index (κ3) is 5.46. The molecule has 1 unspecified atom stereocenters. The molecule has 1 fully saturated rings. The molecule has 1 N–H and O–H groups in total. The Morgan fingerprint density at radius 3 is 2.65 bits per heavy atom. The Balaban J connectivity index is 1.69. The number of hydrogen-bond donors (Lipinski definition) is 1. The molecule has 0 saturated carbocycles. The van der Waals surface area contributed by atoms with Crippen molar-refractivity contribution in [2.24, 2.45) is 5.92 Å². The minimum absolute atomic E-state index is 0.166. The summed E-state index contributed by atoms with van der Waals surface area (Å²) < 4.78 is 18.3. The Labute approximate surface area is 183 Å². The molecular weight excluding hydrogens is 398 g/mol. The summed E-state index contributed by atoms with van der Waals surface area (Å²) in [6.45, 7) is 7.24. The summed E-state index contributed by atoms with van der Waals surface area (Å²) in [5, 5.41) is 11.2. The average Bonchev–Trinajstić information content (AvgIpc) is 3.27. The first-order valence-corrected chi connectivity index (χ1v) is 10.7. The van der Waals surface area contributed by atoms with Gasteiger partial charge in [-0.15, -0.1) is 5.10 Å². The van der Waals surface area contributed by atoms with Crippen molar-refractivity contribution < 1.29 is 19.0 Å². The van der Waals surface area contributed by atoms with Crippen LogP contribution in [0.1, 0.15) is 48.8 Å². The fraction of sp³-hybridized carbons (Fsp3) is 0.591. The Kier molecular flexibility index (Phi) is 7.73. The van der Waals surface area contributed by atoms with Gasteiger partial charge in [-0.3, -0.25) is 9.69 Å². The van der Waals surface area contributed by atoms with E-state index in [1.807, 2.05) is 16.8 Å². The highest BCUT2D eigenvalue weighted by Crippen LogP contribution is 2.40. The van der Waals surface area contributed by atoms with Gasteiger partial charge in [0.2, 0.25) is 5.75 Å². The molecule has 0 bridgehead atoms. The molecule has 2 heterocycles. The van der Waals surface area contributed by atoms with Crippen molar-refractivity contribution in [2.45, 2.75) is 39.3 Å². The summed E-state index contributed by atoms with van der Waals surface area (Å²) in [7, 11) is 4.86.